The van der Waals surface area contributed by atoms with Crippen LogP contribution < -0.4 is 0 Å². The molecule has 0 bridgehead atoms. The molecule has 0 spiro atoms. The monoisotopic (exact) mass is 268 g/mol. The molecule has 98 valence electrons. The fourth-order valence-electron chi connectivity index (χ4n) is 1.45. The number of carboxylic acids is 1. The lowest BCUT2D eigenvalue weighted by molar-refractivity contribution is -0.140. The fourth-order valence-corrected chi connectivity index (χ4v) is 2.50. The van der Waals surface area contributed by atoms with Gasteiger partial charge in [0.2, 0.25) is 0 Å². The summed E-state index contributed by atoms with van der Waals surface area (Å²) >= 11 is 1.45. The van der Waals surface area contributed by atoms with Crippen LogP contribution in [0.25, 0.3) is 0 Å². The molecule has 0 aliphatic carbocycles. The van der Waals surface area contributed by atoms with Gasteiger partial charge in [-0.25, -0.2) is 0 Å². The average molecular weight is 268 g/mol. The topological polar surface area (TPSA) is 63.6 Å². The van der Waals surface area contributed by atoms with Gasteiger partial charge in [0.25, 0.3) is 0 Å². The van der Waals surface area contributed by atoms with Gasteiger partial charge in [0.1, 0.15) is 0 Å². The number of hydrogen-bond acceptors (Lipinski definition) is 4. The number of ether oxygens (including phenoxy) is 1. The molecule has 4 nitrogen and oxygen atoms in total. The lowest BCUT2D eigenvalue weighted by Crippen LogP contribution is -2.14. The Morgan fingerprint density at radius 2 is 2.00 bits per heavy atom. The Kier molecular flexibility index (Phi) is 6.28. The second-order valence-electron chi connectivity index (χ2n) is 3.70. The van der Waals surface area contributed by atoms with E-state index in [4.69, 9.17) is 0 Å². The molecule has 0 heterocycles. The van der Waals surface area contributed by atoms with Crippen LogP contribution in [0.3, 0.4) is 0 Å². The van der Waals surface area contributed by atoms with Crippen molar-refractivity contribution in [3.63, 3.8) is 0 Å². The number of thioether (sulfide) groups is 1. The molecular weight excluding hydrogens is 252 g/mol. The third-order valence-corrected chi connectivity index (χ3v) is 3.52. The van der Waals surface area contributed by atoms with Crippen LogP contribution in [-0.4, -0.2) is 35.7 Å². The molecule has 18 heavy (non-hydrogen) atoms. The molecule has 0 aliphatic heterocycles. The second kappa shape index (κ2) is 7.76. The molecule has 1 N–H and O–H groups in total. The van der Waals surface area contributed by atoms with Crippen LogP contribution in [0, 0.1) is 0 Å². The predicted octanol–water partition coefficient (Wildman–Crippen LogP) is 2.15. The van der Waals surface area contributed by atoms with E-state index in [9.17, 15) is 14.7 Å². The number of hydrogen-bond donors (Lipinski definition) is 1. The fraction of sp³-hybridized carbons (Fsp3) is 0.385. The predicted molar refractivity (Wildman–Crippen MR) is 70.8 cm³/mol. The van der Waals surface area contributed by atoms with Crippen molar-refractivity contribution >= 4 is 23.7 Å². The quantitative estimate of drug-likeness (QED) is 0.606. The molecule has 1 unspecified atom stereocenters. The van der Waals surface area contributed by atoms with Gasteiger partial charge in [0.15, 0.2) is 0 Å². The number of esters is 1. The van der Waals surface area contributed by atoms with Crippen LogP contribution in [0.5, 0.6) is 0 Å². The molecule has 5 heteroatoms. The van der Waals surface area contributed by atoms with Gasteiger partial charge in [-0.2, -0.15) is 11.8 Å². The van der Waals surface area contributed by atoms with Crippen LogP contribution in [0.4, 0.5) is 0 Å². The summed E-state index contributed by atoms with van der Waals surface area (Å²) in [6.07, 6.45) is 0.308. The normalized spacial score (nSPS) is 11.8. The standard InChI is InChI=1S/C13H16O4S/c1-17-12(14)7-8-18-9-11(13(15)16)10-5-3-2-4-6-10/h2-6,11H,7-9H2,1H3,(H,15,16). The summed E-state index contributed by atoms with van der Waals surface area (Å²) in [4.78, 5) is 22.1. The lowest BCUT2D eigenvalue weighted by atomic mass is 10.0. The smallest absolute Gasteiger partial charge is 0.311 e. The van der Waals surface area contributed by atoms with Gasteiger partial charge in [0.05, 0.1) is 19.4 Å². The Balaban J connectivity index is 2.45. The Labute approximate surface area is 110 Å². The van der Waals surface area contributed by atoms with Gasteiger partial charge in [0, 0.05) is 11.5 Å². The van der Waals surface area contributed by atoms with Gasteiger partial charge >= 0.3 is 11.9 Å². The number of methoxy groups -OCH3 is 1. The summed E-state index contributed by atoms with van der Waals surface area (Å²) in [6, 6.07) is 9.11. The highest BCUT2D eigenvalue weighted by atomic mass is 32.2. The van der Waals surface area contributed by atoms with Crippen molar-refractivity contribution in [2.24, 2.45) is 0 Å². The third-order valence-electron chi connectivity index (χ3n) is 2.46. The Bertz CT molecular complexity index is 391. The molecular formula is C13H16O4S. The van der Waals surface area contributed by atoms with Crippen molar-refractivity contribution in [2.75, 3.05) is 18.6 Å². The summed E-state index contributed by atoms with van der Waals surface area (Å²) in [5.74, 6) is -0.616. The van der Waals surface area contributed by atoms with E-state index in [-0.39, 0.29) is 5.97 Å². The molecule has 1 rings (SSSR count). The van der Waals surface area contributed by atoms with E-state index < -0.39 is 11.9 Å². The molecule has 1 atom stereocenters. The van der Waals surface area contributed by atoms with Crippen molar-refractivity contribution in [1.29, 1.82) is 0 Å². The summed E-state index contributed by atoms with van der Waals surface area (Å²) in [5, 5.41) is 9.18. The van der Waals surface area contributed by atoms with Crippen LogP contribution in [-0.2, 0) is 14.3 Å². The van der Waals surface area contributed by atoms with E-state index in [0.717, 1.165) is 5.56 Å². The molecule has 1 aromatic rings. The highest BCUT2D eigenvalue weighted by Gasteiger charge is 2.19. The van der Waals surface area contributed by atoms with Crippen molar-refractivity contribution in [1.82, 2.24) is 0 Å². The first kappa shape index (κ1) is 14.6. The largest absolute Gasteiger partial charge is 0.481 e. The zero-order valence-corrected chi connectivity index (χ0v) is 11.0. The molecule has 0 saturated heterocycles. The second-order valence-corrected chi connectivity index (χ2v) is 4.85. The molecule has 0 aliphatic rings. The zero-order valence-electron chi connectivity index (χ0n) is 10.2. The van der Waals surface area contributed by atoms with Crippen LogP contribution in [0.1, 0.15) is 17.9 Å². The van der Waals surface area contributed by atoms with Crippen molar-refractivity contribution in [3.05, 3.63) is 35.9 Å². The van der Waals surface area contributed by atoms with Gasteiger partial charge in [-0.15, -0.1) is 0 Å². The maximum absolute atomic E-state index is 11.2. The van der Waals surface area contributed by atoms with E-state index in [1.165, 1.54) is 18.9 Å². The van der Waals surface area contributed by atoms with Crippen molar-refractivity contribution < 1.29 is 19.4 Å². The molecule has 0 fully saturated rings. The Morgan fingerprint density at radius 1 is 1.33 bits per heavy atom. The minimum Gasteiger partial charge on any atom is -0.481 e. The Morgan fingerprint density at radius 3 is 2.56 bits per heavy atom. The van der Waals surface area contributed by atoms with E-state index in [2.05, 4.69) is 4.74 Å². The molecule has 0 radical (unpaired) electrons. The number of benzene rings is 1. The number of carboxylic acid groups (broad SMARTS) is 1. The lowest BCUT2D eigenvalue weighted by Gasteiger charge is -2.11. The SMILES string of the molecule is COC(=O)CCSCC(C(=O)O)c1ccccc1. The first-order valence-electron chi connectivity index (χ1n) is 5.57. The highest BCUT2D eigenvalue weighted by molar-refractivity contribution is 7.99. The number of rotatable bonds is 7. The molecule has 1 aromatic carbocycles. The van der Waals surface area contributed by atoms with E-state index in [1.54, 1.807) is 12.1 Å². The van der Waals surface area contributed by atoms with Crippen LogP contribution in [0.15, 0.2) is 30.3 Å². The van der Waals surface area contributed by atoms with Crippen molar-refractivity contribution in [3.8, 4) is 0 Å². The van der Waals surface area contributed by atoms with E-state index >= 15 is 0 Å². The first-order valence-corrected chi connectivity index (χ1v) is 6.73. The highest BCUT2D eigenvalue weighted by Crippen LogP contribution is 2.21. The van der Waals surface area contributed by atoms with Crippen molar-refractivity contribution in [2.45, 2.75) is 12.3 Å². The van der Waals surface area contributed by atoms with Crippen LogP contribution >= 0.6 is 11.8 Å². The summed E-state index contributed by atoms with van der Waals surface area (Å²) < 4.78 is 4.52. The maximum atomic E-state index is 11.2. The molecule has 0 saturated carbocycles. The minimum atomic E-state index is -0.841. The number of carbonyl (C=O) groups is 2. The Hall–Kier alpha value is -1.49. The van der Waals surface area contributed by atoms with Gasteiger partial charge < -0.3 is 9.84 Å². The summed E-state index contributed by atoms with van der Waals surface area (Å²) in [6.45, 7) is 0. The van der Waals surface area contributed by atoms with E-state index in [0.29, 0.717) is 17.9 Å². The molecule has 0 amide bonds. The number of carbonyl (C=O) groups excluding carboxylic acids is 1. The maximum Gasteiger partial charge on any atom is 0.311 e. The molecule has 0 aromatic heterocycles. The zero-order chi connectivity index (χ0) is 13.4. The van der Waals surface area contributed by atoms with Gasteiger partial charge in [-0.05, 0) is 5.56 Å². The summed E-state index contributed by atoms with van der Waals surface area (Å²) in [5.41, 5.74) is 0.788. The summed E-state index contributed by atoms with van der Waals surface area (Å²) in [7, 11) is 1.34. The minimum absolute atomic E-state index is 0.269. The first-order chi connectivity index (χ1) is 8.65. The third kappa shape index (κ3) is 4.79. The average Bonchev–Trinajstić information content (AvgIpc) is 2.38. The van der Waals surface area contributed by atoms with E-state index in [1.807, 2.05) is 18.2 Å². The van der Waals surface area contributed by atoms with Crippen LogP contribution in [0.2, 0.25) is 0 Å². The van der Waals surface area contributed by atoms with Gasteiger partial charge in [-0.1, -0.05) is 30.3 Å². The van der Waals surface area contributed by atoms with Gasteiger partial charge in [-0.3, -0.25) is 9.59 Å². The number of aliphatic carboxylic acids is 1.